The summed E-state index contributed by atoms with van der Waals surface area (Å²) in [6.07, 6.45) is 4.38. The number of hydrogen-bond acceptors (Lipinski definition) is 4. The number of pyridine rings is 1. The molecule has 1 atom stereocenters. The van der Waals surface area contributed by atoms with E-state index in [2.05, 4.69) is 11.2 Å². The van der Waals surface area contributed by atoms with Crippen molar-refractivity contribution in [2.24, 2.45) is 0 Å². The van der Waals surface area contributed by atoms with E-state index in [1.807, 2.05) is 29.7 Å². The van der Waals surface area contributed by atoms with Gasteiger partial charge in [0, 0.05) is 30.7 Å². The summed E-state index contributed by atoms with van der Waals surface area (Å²) in [7, 11) is 0. The number of rotatable bonds is 2. The summed E-state index contributed by atoms with van der Waals surface area (Å²) in [5, 5.41) is 4.72. The Morgan fingerprint density at radius 2 is 2.19 bits per heavy atom. The fraction of sp³-hybridized carbons (Fsp3) is 0.350. The van der Waals surface area contributed by atoms with Gasteiger partial charge in [0.1, 0.15) is 17.0 Å². The van der Waals surface area contributed by atoms with Crippen molar-refractivity contribution in [3.05, 3.63) is 63.3 Å². The fourth-order valence-electron chi connectivity index (χ4n) is 4.32. The van der Waals surface area contributed by atoms with Crippen LogP contribution in [0.5, 0.6) is 0 Å². The van der Waals surface area contributed by atoms with Crippen molar-refractivity contribution >= 4 is 16.8 Å². The average molecular weight is 349 g/mol. The Hall–Kier alpha value is -2.89. The highest BCUT2D eigenvalue weighted by Gasteiger charge is 2.34. The van der Waals surface area contributed by atoms with E-state index in [0.29, 0.717) is 11.9 Å². The number of carbonyl (C=O) groups is 1. The van der Waals surface area contributed by atoms with Gasteiger partial charge in [-0.3, -0.25) is 9.59 Å². The van der Waals surface area contributed by atoms with Crippen molar-refractivity contribution < 1.29 is 9.32 Å². The Morgan fingerprint density at radius 1 is 1.31 bits per heavy atom. The largest absolute Gasteiger partial charge is 0.361 e. The van der Waals surface area contributed by atoms with Gasteiger partial charge in [-0.05, 0) is 37.8 Å². The summed E-state index contributed by atoms with van der Waals surface area (Å²) >= 11 is 0. The SMILES string of the molecule is Cc1cc(C2CCCN2C(=O)c2cn3c4c(cccc4c2=O)CC3)no1. The lowest BCUT2D eigenvalue weighted by Gasteiger charge is -2.23. The predicted octanol–water partition coefficient (Wildman–Crippen LogP) is 2.83. The second-order valence-electron chi connectivity index (χ2n) is 7.15. The molecule has 26 heavy (non-hydrogen) atoms. The van der Waals surface area contributed by atoms with Crippen molar-refractivity contribution in [3.8, 4) is 0 Å². The number of benzene rings is 1. The average Bonchev–Trinajstić information content (AvgIpc) is 3.37. The number of aromatic nitrogens is 2. The standard InChI is InChI=1S/C20H19N3O3/c1-12-10-16(21-26-12)17-6-3-8-23(17)20(25)15-11-22-9-7-13-4-2-5-14(18(13)22)19(15)24/h2,4-5,10-11,17H,3,6-9H2,1H3. The molecule has 4 heterocycles. The first kappa shape index (κ1) is 15.4. The first-order valence-electron chi connectivity index (χ1n) is 9.03. The molecule has 5 rings (SSSR count). The number of likely N-dealkylation sites (tertiary alicyclic amines) is 1. The molecule has 0 N–H and O–H groups in total. The van der Waals surface area contributed by atoms with Crippen LogP contribution in [0.4, 0.5) is 0 Å². The van der Waals surface area contributed by atoms with Gasteiger partial charge in [-0.25, -0.2) is 0 Å². The zero-order valence-corrected chi connectivity index (χ0v) is 14.6. The Kier molecular flexibility index (Phi) is 3.29. The van der Waals surface area contributed by atoms with Gasteiger partial charge >= 0.3 is 0 Å². The summed E-state index contributed by atoms with van der Waals surface area (Å²) in [6.45, 7) is 3.28. The summed E-state index contributed by atoms with van der Waals surface area (Å²) in [4.78, 5) is 28.0. The maximum Gasteiger partial charge on any atom is 0.259 e. The van der Waals surface area contributed by atoms with E-state index < -0.39 is 0 Å². The van der Waals surface area contributed by atoms with Gasteiger partial charge in [0.2, 0.25) is 5.43 Å². The van der Waals surface area contributed by atoms with Crippen LogP contribution in [0.25, 0.3) is 10.9 Å². The van der Waals surface area contributed by atoms with E-state index in [-0.39, 0.29) is 22.9 Å². The van der Waals surface area contributed by atoms with E-state index in [4.69, 9.17) is 4.52 Å². The van der Waals surface area contributed by atoms with Crippen LogP contribution in [0.2, 0.25) is 0 Å². The highest BCUT2D eigenvalue weighted by Crippen LogP contribution is 2.33. The van der Waals surface area contributed by atoms with Crippen LogP contribution in [-0.4, -0.2) is 27.1 Å². The van der Waals surface area contributed by atoms with Crippen molar-refractivity contribution in [2.75, 3.05) is 6.54 Å². The van der Waals surface area contributed by atoms with Crippen molar-refractivity contribution in [1.82, 2.24) is 14.6 Å². The second kappa shape index (κ2) is 5.56. The highest BCUT2D eigenvalue weighted by atomic mass is 16.5. The molecule has 1 fully saturated rings. The molecule has 2 aliphatic rings. The molecular formula is C20H19N3O3. The number of hydrogen-bond donors (Lipinski definition) is 0. The third kappa shape index (κ3) is 2.14. The van der Waals surface area contributed by atoms with Crippen molar-refractivity contribution in [3.63, 3.8) is 0 Å². The summed E-state index contributed by atoms with van der Waals surface area (Å²) in [5.41, 5.74) is 2.99. The smallest absolute Gasteiger partial charge is 0.259 e. The van der Waals surface area contributed by atoms with E-state index >= 15 is 0 Å². The molecule has 2 aromatic heterocycles. The third-order valence-electron chi connectivity index (χ3n) is 5.53. The highest BCUT2D eigenvalue weighted by molar-refractivity contribution is 5.98. The lowest BCUT2D eigenvalue weighted by Crippen LogP contribution is -2.34. The summed E-state index contributed by atoms with van der Waals surface area (Å²) in [5.74, 6) is 0.520. The minimum Gasteiger partial charge on any atom is -0.361 e. The molecule has 3 aromatic rings. The normalized spacial score (nSPS) is 18.8. The van der Waals surface area contributed by atoms with Crippen LogP contribution in [0.3, 0.4) is 0 Å². The molecule has 0 bridgehead atoms. The van der Waals surface area contributed by atoms with E-state index in [1.165, 1.54) is 5.56 Å². The van der Waals surface area contributed by atoms with Crippen molar-refractivity contribution in [2.45, 2.75) is 38.8 Å². The molecule has 132 valence electrons. The lowest BCUT2D eigenvalue weighted by atomic mass is 10.1. The number of aryl methyl sites for hydroxylation is 3. The lowest BCUT2D eigenvalue weighted by molar-refractivity contribution is 0.0729. The molecule has 6 heteroatoms. The van der Waals surface area contributed by atoms with Crippen LogP contribution in [0, 0.1) is 6.92 Å². The molecular weight excluding hydrogens is 330 g/mol. The van der Waals surface area contributed by atoms with E-state index in [1.54, 1.807) is 11.1 Å². The van der Waals surface area contributed by atoms with Gasteiger partial charge in [-0.2, -0.15) is 0 Å². The molecule has 1 amide bonds. The minimum atomic E-state index is -0.207. The first-order chi connectivity index (χ1) is 12.6. The monoisotopic (exact) mass is 349 g/mol. The van der Waals surface area contributed by atoms with Gasteiger partial charge in [-0.1, -0.05) is 17.3 Å². The summed E-state index contributed by atoms with van der Waals surface area (Å²) in [6, 6.07) is 7.52. The van der Waals surface area contributed by atoms with Crippen LogP contribution >= 0.6 is 0 Å². The summed E-state index contributed by atoms with van der Waals surface area (Å²) < 4.78 is 7.23. The van der Waals surface area contributed by atoms with Gasteiger partial charge in [0.25, 0.3) is 5.91 Å². The number of nitrogens with zero attached hydrogens (tertiary/aromatic N) is 3. The molecule has 1 unspecified atom stereocenters. The zero-order valence-electron chi connectivity index (χ0n) is 14.6. The maximum absolute atomic E-state index is 13.2. The zero-order chi connectivity index (χ0) is 17.8. The van der Waals surface area contributed by atoms with Crippen LogP contribution in [0.1, 0.15) is 46.3 Å². The van der Waals surface area contributed by atoms with Gasteiger partial charge < -0.3 is 14.0 Å². The predicted molar refractivity (Wildman–Crippen MR) is 96.2 cm³/mol. The van der Waals surface area contributed by atoms with Gasteiger partial charge in [0.15, 0.2) is 0 Å². The third-order valence-corrected chi connectivity index (χ3v) is 5.53. The quantitative estimate of drug-likeness (QED) is 0.713. The Balaban J connectivity index is 1.59. The minimum absolute atomic E-state index is 0.125. The molecule has 0 spiro atoms. The van der Waals surface area contributed by atoms with E-state index in [0.717, 1.165) is 42.8 Å². The molecule has 0 saturated carbocycles. The molecule has 2 aliphatic heterocycles. The topological polar surface area (TPSA) is 68.3 Å². The van der Waals surface area contributed by atoms with Crippen LogP contribution in [-0.2, 0) is 13.0 Å². The first-order valence-corrected chi connectivity index (χ1v) is 9.03. The molecule has 1 saturated heterocycles. The fourth-order valence-corrected chi connectivity index (χ4v) is 4.32. The Morgan fingerprint density at radius 3 is 3.00 bits per heavy atom. The Bertz CT molecular complexity index is 1100. The van der Waals surface area contributed by atoms with E-state index in [9.17, 15) is 9.59 Å². The number of amides is 1. The Labute approximate surface area is 150 Å². The van der Waals surface area contributed by atoms with Crippen molar-refractivity contribution in [1.29, 1.82) is 0 Å². The van der Waals surface area contributed by atoms with Crippen LogP contribution < -0.4 is 5.43 Å². The number of carbonyl (C=O) groups excluding carboxylic acids is 1. The van der Waals surface area contributed by atoms with Gasteiger partial charge in [-0.15, -0.1) is 0 Å². The molecule has 1 aromatic carbocycles. The maximum atomic E-state index is 13.2. The van der Waals surface area contributed by atoms with Crippen LogP contribution in [0.15, 0.2) is 39.8 Å². The molecule has 0 aliphatic carbocycles. The van der Waals surface area contributed by atoms with Gasteiger partial charge in [0.05, 0.1) is 11.6 Å². The molecule has 0 radical (unpaired) electrons. The number of para-hydroxylation sites is 1. The molecule has 6 nitrogen and oxygen atoms in total. The second-order valence-corrected chi connectivity index (χ2v) is 7.15.